The summed E-state index contributed by atoms with van der Waals surface area (Å²) in [6.07, 6.45) is -0.295. The van der Waals surface area contributed by atoms with Gasteiger partial charge in [0.2, 0.25) is 5.91 Å². The molecule has 0 saturated carbocycles. The summed E-state index contributed by atoms with van der Waals surface area (Å²) < 4.78 is 4.47. The van der Waals surface area contributed by atoms with Crippen LogP contribution in [0.15, 0.2) is 0 Å². The summed E-state index contributed by atoms with van der Waals surface area (Å²) in [7, 11) is 1.19. The van der Waals surface area contributed by atoms with Crippen molar-refractivity contribution in [1.82, 2.24) is 10.2 Å². The molecule has 0 aliphatic carbocycles. The molecule has 4 N–H and O–H groups in total. The summed E-state index contributed by atoms with van der Waals surface area (Å²) >= 11 is 0. The predicted octanol–water partition coefficient (Wildman–Crippen LogP) is -0.702. The Hall–Kier alpha value is -2.32. The second-order valence-corrected chi connectivity index (χ2v) is 4.64. The van der Waals surface area contributed by atoms with Crippen LogP contribution in [0.2, 0.25) is 0 Å². The molecule has 0 aromatic heterocycles. The van der Waals surface area contributed by atoms with E-state index in [1.165, 1.54) is 7.11 Å². The summed E-state index contributed by atoms with van der Waals surface area (Å²) in [6, 6.07) is -2.33. The maximum absolute atomic E-state index is 12.0. The van der Waals surface area contributed by atoms with Gasteiger partial charge in [0.1, 0.15) is 12.6 Å². The van der Waals surface area contributed by atoms with Crippen LogP contribution in [0.4, 0.5) is 4.79 Å². The van der Waals surface area contributed by atoms with Gasteiger partial charge in [0, 0.05) is 12.5 Å². The van der Waals surface area contributed by atoms with E-state index in [4.69, 9.17) is 10.8 Å². The van der Waals surface area contributed by atoms with Gasteiger partial charge < -0.3 is 25.8 Å². The van der Waals surface area contributed by atoms with Crippen molar-refractivity contribution in [3.63, 3.8) is 0 Å². The third kappa shape index (κ3) is 7.14. The molecule has 0 aromatic rings. The number of aliphatic carboxylic acids is 1. The highest BCUT2D eigenvalue weighted by Crippen LogP contribution is 2.03. The van der Waals surface area contributed by atoms with Gasteiger partial charge in [-0.15, -0.1) is 0 Å². The highest BCUT2D eigenvalue weighted by Gasteiger charge is 2.26. The molecule has 9 heteroatoms. The fraction of sp³-hybridized carbons (Fsp3) is 0.667. The summed E-state index contributed by atoms with van der Waals surface area (Å²) in [5.41, 5.74) is 4.95. The molecule has 21 heavy (non-hydrogen) atoms. The van der Waals surface area contributed by atoms with Crippen LogP contribution in [-0.2, 0) is 19.1 Å². The van der Waals surface area contributed by atoms with Gasteiger partial charge in [0.05, 0.1) is 7.11 Å². The van der Waals surface area contributed by atoms with Crippen molar-refractivity contribution in [1.29, 1.82) is 0 Å². The Morgan fingerprint density at radius 1 is 1.29 bits per heavy atom. The van der Waals surface area contributed by atoms with Crippen molar-refractivity contribution in [3.8, 4) is 0 Å². The van der Waals surface area contributed by atoms with Crippen LogP contribution in [-0.4, -0.2) is 59.6 Å². The molecule has 1 atom stereocenters. The van der Waals surface area contributed by atoms with Crippen LogP contribution >= 0.6 is 0 Å². The quantitative estimate of drug-likeness (QED) is 0.507. The Balaban J connectivity index is 4.79. The summed E-state index contributed by atoms with van der Waals surface area (Å²) in [5, 5.41) is 11.3. The number of carbonyl (C=O) groups excluding carboxylic acids is 3. The van der Waals surface area contributed by atoms with E-state index in [0.717, 1.165) is 4.90 Å². The number of nitrogens with two attached hydrogens (primary N) is 1. The molecule has 0 fully saturated rings. The number of urea groups is 1. The van der Waals surface area contributed by atoms with Crippen molar-refractivity contribution in [3.05, 3.63) is 0 Å². The van der Waals surface area contributed by atoms with Gasteiger partial charge >= 0.3 is 18.0 Å². The van der Waals surface area contributed by atoms with Gasteiger partial charge in [-0.1, -0.05) is 0 Å². The number of rotatable bonds is 8. The van der Waals surface area contributed by atoms with Crippen LogP contribution in [0.5, 0.6) is 0 Å². The molecule has 0 rings (SSSR count). The van der Waals surface area contributed by atoms with E-state index in [-0.39, 0.29) is 25.4 Å². The average molecular weight is 303 g/mol. The Morgan fingerprint density at radius 2 is 1.86 bits per heavy atom. The fourth-order valence-corrected chi connectivity index (χ4v) is 1.47. The molecular formula is C12H21N3O6. The number of carboxylic acids is 1. The zero-order valence-corrected chi connectivity index (χ0v) is 12.3. The number of esters is 1. The lowest BCUT2D eigenvalue weighted by Gasteiger charge is -2.27. The van der Waals surface area contributed by atoms with E-state index in [1.807, 2.05) is 0 Å². The minimum atomic E-state index is -1.29. The molecule has 0 bridgehead atoms. The van der Waals surface area contributed by atoms with Crippen LogP contribution in [0.3, 0.4) is 0 Å². The largest absolute Gasteiger partial charge is 0.480 e. The van der Waals surface area contributed by atoms with E-state index in [0.29, 0.717) is 0 Å². The number of carbonyl (C=O) groups is 4. The molecule has 0 saturated heterocycles. The molecule has 0 spiro atoms. The van der Waals surface area contributed by atoms with Gasteiger partial charge in [0.25, 0.3) is 0 Å². The normalized spacial score (nSPS) is 11.6. The third-order valence-electron chi connectivity index (χ3n) is 2.69. The standard InChI is InChI=1S/C12H21N3O6/c1-7(2)15(6-10(17)21-3)12(20)14-8(11(18)19)4-5-9(13)16/h7-8H,4-6H2,1-3H3,(H2,13,16)(H,14,20)(H,18,19)/t8-/m0/s1. The van der Waals surface area contributed by atoms with E-state index in [9.17, 15) is 19.2 Å². The Labute approximate surface area is 122 Å². The summed E-state index contributed by atoms with van der Waals surface area (Å²) in [6.45, 7) is 3.03. The first-order chi connectivity index (χ1) is 9.68. The first-order valence-electron chi connectivity index (χ1n) is 6.34. The zero-order valence-electron chi connectivity index (χ0n) is 12.3. The maximum Gasteiger partial charge on any atom is 0.326 e. The molecule has 3 amide bonds. The number of nitrogens with one attached hydrogen (secondary N) is 1. The fourth-order valence-electron chi connectivity index (χ4n) is 1.47. The summed E-state index contributed by atoms with van der Waals surface area (Å²) in [4.78, 5) is 46.1. The topological polar surface area (TPSA) is 139 Å². The van der Waals surface area contributed by atoms with E-state index in [2.05, 4.69) is 10.1 Å². The molecule has 0 aromatic carbocycles. The Morgan fingerprint density at radius 3 is 2.24 bits per heavy atom. The lowest BCUT2D eigenvalue weighted by molar-refractivity contribution is -0.141. The van der Waals surface area contributed by atoms with E-state index in [1.54, 1.807) is 13.8 Å². The SMILES string of the molecule is COC(=O)CN(C(=O)N[C@@H](CCC(N)=O)C(=O)O)C(C)C. The average Bonchev–Trinajstić information content (AvgIpc) is 2.38. The van der Waals surface area contributed by atoms with Crippen molar-refractivity contribution in [2.45, 2.75) is 38.8 Å². The van der Waals surface area contributed by atoms with Gasteiger partial charge in [-0.3, -0.25) is 9.59 Å². The lowest BCUT2D eigenvalue weighted by atomic mass is 10.1. The maximum atomic E-state index is 12.0. The number of carboxylic acid groups (broad SMARTS) is 1. The Bertz CT molecular complexity index is 410. The van der Waals surface area contributed by atoms with Crippen molar-refractivity contribution in [2.24, 2.45) is 5.73 Å². The van der Waals surface area contributed by atoms with Gasteiger partial charge in [-0.25, -0.2) is 9.59 Å². The molecule has 120 valence electrons. The highest BCUT2D eigenvalue weighted by molar-refractivity contribution is 5.85. The highest BCUT2D eigenvalue weighted by atomic mass is 16.5. The number of nitrogens with zero attached hydrogens (tertiary/aromatic N) is 1. The van der Waals surface area contributed by atoms with Gasteiger partial charge in [-0.05, 0) is 20.3 Å². The van der Waals surface area contributed by atoms with Crippen LogP contribution in [0.1, 0.15) is 26.7 Å². The second-order valence-electron chi connectivity index (χ2n) is 4.64. The van der Waals surface area contributed by atoms with Crippen molar-refractivity contribution >= 4 is 23.9 Å². The van der Waals surface area contributed by atoms with Crippen LogP contribution < -0.4 is 11.1 Å². The Kier molecular flexibility index (Phi) is 7.80. The minimum Gasteiger partial charge on any atom is -0.480 e. The first kappa shape index (κ1) is 18.7. The molecule has 0 aliphatic heterocycles. The number of primary amides is 1. The smallest absolute Gasteiger partial charge is 0.326 e. The number of methoxy groups -OCH3 is 1. The van der Waals surface area contributed by atoms with Crippen LogP contribution in [0, 0.1) is 0 Å². The monoisotopic (exact) mass is 303 g/mol. The number of amides is 3. The first-order valence-corrected chi connectivity index (χ1v) is 6.34. The predicted molar refractivity (Wildman–Crippen MR) is 72.2 cm³/mol. The second kappa shape index (κ2) is 8.77. The molecule has 0 aliphatic rings. The summed E-state index contributed by atoms with van der Waals surface area (Å²) in [5.74, 6) is -2.57. The molecule has 0 unspecified atom stereocenters. The molecular weight excluding hydrogens is 282 g/mol. The van der Waals surface area contributed by atoms with E-state index < -0.39 is 29.9 Å². The minimum absolute atomic E-state index is 0.124. The van der Waals surface area contributed by atoms with Crippen LogP contribution in [0.25, 0.3) is 0 Å². The van der Waals surface area contributed by atoms with E-state index >= 15 is 0 Å². The molecule has 9 nitrogen and oxygen atoms in total. The van der Waals surface area contributed by atoms with Gasteiger partial charge in [0.15, 0.2) is 0 Å². The molecule has 0 radical (unpaired) electrons. The van der Waals surface area contributed by atoms with Gasteiger partial charge in [-0.2, -0.15) is 0 Å². The number of hydrogen-bond donors (Lipinski definition) is 3. The number of ether oxygens (including phenoxy) is 1. The van der Waals surface area contributed by atoms with Crippen molar-refractivity contribution in [2.75, 3.05) is 13.7 Å². The lowest BCUT2D eigenvalue weighted by Crippen LogP contribution is -2.51. The van der Waals surface area contributed by atoms with Crippen molar-refractivity contribution < 1.29 is 29.0 Å². The third-order valence-corrected chi connectivity index (χ3v) is 2.69. The number of hydrogen-bond acceptors (Lipinski definition) is 5. The zero-order chi connectivity index (χ0) is 16.6. The molecule has 0 heterocycles.